The average molecular weight is 371 g/mol. The van der Waals surface area contributed by atoms with Gasteiger partial charge in [0.25, 0.3) is 5.91 Å². The average Bonchev–Trinajstić information content (AvgIpc) is 3.24. The van der Waals surface area contributed by atoms with E-state index in [0.29, 0.717) is 17.0 Å². The zero-order valence-corrected chi connectivity index (χ0v) is 15.1. The molecule has 0 saturated heterocycles. The van der Waals surface area contributed by atoms with Crippen LogP contribution >= 0.6 is 0 Å². The number of fused-ring (bicyclic) bond motifs is 1. The third kappa shape index (κ3) is 3.50. The summed E-state index contributed by atoms with van der Waals surface area (Å²) in [5.74, 6) is 0.165. The highest BCUT2D eigenvalue weighted by Gasteiger charge is 2.13. The van der Waals surface area contributed by atoms with Crippen LogP contribution in [0.4, 0.5) is 5.69 Å². The molecule has 0 aliphatic carbocycles. The molecule has 3 aromatic carbocycles. The van der Waals surface area contributed by atoms with Gasteiger partial charge in [-0.3, -0.25) is 4.79 Å². The van der Waals surface area contributed by atoms with Gasteiger partial charge in [0.2, 0.25) is 0 Å². The Morgan fingerprint density at radius 1 is 0.857 bits per heavy atom. The first kappa shape index (κ1) is 17.5. The fourth-order valence-electron chi connectivity index (χ4n) is 2.98. The zero-order chi connectivity index (χ0) is 19.5. The van der Waals surface area contributed by atoms with E-state index in [0.717, 1.165) is 16.3 Å². The monoisotopic (exact) mass is 371 g/mol. The van der Waals surface area contributed by atoms with E-state index in [2.05, 4.69) is 5.32 Å². The standard InChI is InChI=1S/C23H17NO4/c1-27-23(26)18-8-7-17-14-19(10-9-16(17)13-18)24-22(25)21-12-11-20(28-21)15-5-3-2-4-6-15/h2-14H,1H3,(H,24,25). The molecule has 0 saturated carbocycles. The maximum absolute atomic E-state index is 12.5. The van der Waals surface area contributed by atoms with Crippen LogP contribution in [-0.4, -0.2) is 19.0 Å². The number of amides is 1. The van der Waals surface area contributed by atoms with Gasteiger partial charge in [0, 0.05) is 11.3 Å². The summed E-state index contributed by atoms with van der Waals surface area (Å²) in [4.78, 5) is 24.2. The maximum Gasteiger partial charge on any atom is 0.337 e. The summed E-state index contributed by atoms with van der Waals surface area (Å²) in [5.41, 5.74) is 2.03. The molecule has 0 radical (unpaired) electrons. The zero-order valence-electron chi connectivity index (χ0n) is 15.1. The number of nitrogens with one attached hydrogen (secondary N) is 1. The van der Waals surface area contributed by atoms with Crippen molar-refractivity contribution in [2.45, 2.75) is 0 Å². The molecule has 1 heterocycles. The Morgan fingerprint density at radius 3 is 2.39 bits per heavy atom. The van der Waals surface area contributed by atoms with E-state index in [-0.39, 0.29) is 17.6 Å². The molecule has 5 heteroatoms. The lowest BCUT2D eigenvalue weighted by atomic mass is 10.1. The van der Waals surface area contributed by atoms with Gasteiger partial charge in [0.05, 0.1) is 12.7 Å². The lowest BCUT2D eigenvalue weighted by molar-refractivity contribution is 0.0601. The van der Waals surface area contributed by atoms with Crippen molar-refractivity contribution in [1.82, 2.24) is 0 Å². The molecule has 0 atom stereocenters. The molecular weight excluding hydrogens is 354 g/mol. The van der Waals surface area contributed by atoms with Crippen LogP contribution in [0.25, 0.3) is 22.1 Å². The fraction of sp³-hybridized carbons (Fsp3) is 0.0435. The van der Waals surface area contributed by atoms with Gasteiger partial charge in [-0.05, 0) is 47.2 Å². The molecule has 5 nitrogen and oxygen atoms in total. The normalized spacial score (nSPS) is 10.6. The first-order valence-corrected chi connectivity index (χ1v) is 8.73. The van der Waals surface area contributed by atoms with Gasteiger partial charge in [-0.25, -0.2) is 4.79 Å². The third-order valence-electron chi connectivity index (χ3n) is 4.41. The van der Waals surface area contributed by atoms with E-state index in [1.54, 1.807) is 30.3 Å². The van der Waals surface area contributed by atoms with Gasteiger partial charge in [0.1, 0.15) is 5.76 Å². The number of methoxy groups -OCH3 is 1. The third-order valence-corrected chi connectivity index (χ3v) is 4.41. The van der Waals surface area contributed by atoms with Crippen molar-refractivity contribution in [3.63, 3.8) is 0 Å². The van der Waals surface area contributed by atoms with Crippen LogP contribution in [0, 0.1) is 0 Å². The van der Waals surface area contributed by atoms with E-state index in [4.69, 9.17) is 9.15 Å². The highest BCUT2D eigenvalue weighted by atomic mass is 16.5. The fourth-order valence-corrected chi connectivity index (χ4v) is 2.98. The lowest BCUT2D eigenvalue weighted by Crippen LogP contribution is -2.10. The number of ether oxygens (including phenoxy) is 1. The Balaban J connectivity index is 1.54. The Bertz CT molecular complexity index is 1160. The van der Waals surface area contributed by atoms with Crippen molar-refractivity contribution in [3.8, 4) is 11.3 Å². The first-order valence-electron chi connectivity index (χ1n) is 8.73. The molecule has 1 aromatic heterocycles. The van der Waals surface area contributed by atoms with E-state index >= 15 is 0 Å². The smallest absolute Gasteiger partial charge is 0.337 e. The van der Waals surface area contributed by atoms with Gasteiger partial charge in [0.15, 0.2) is 5.76 Å². The Morgan fingerprint density at radius 2 is 1.61 bits per heavy atom. The molecule has 28 heavy (non-hydrogen) atoms. The van der Waals surface area contributed by atoms with E-state index in [1.807, 2.05) is 48.5 Å². The largest absolute Gasteiger partial charge is 0.465 e. The summed E-state index contributed by atoms with van der Waals surface area (Å²) in [6.07, 6.45) is 0. The molecule has 4 rings (SSSR count). The van der Waals surface area contributed by atoms with Crippen molar-refractivity contribution in [2.24, 2.45) is 0 Å². The van der Waals surface area contributed by atoms with Crippen molar-refractivity contribution in [2.75, 3.05) is 12.4 Å². The summed E-state index contributed by atoms with van der Waals surface area (Å²) in [6.45, 7) is 0. The van der Waals surface area contributed by atoms with Crippen LogP contribution in [0.2, 0.25) is 0 Å². The minimum absolute atomic E-state index is 0.236. The van der Waals surface area contributed by atoms with E-state index < -0.39 is 0 Å². The number of carbonyl (C=O) groups is 2. The molecule has 0 aliphatic heterocycles. The molecule has 1 amide bonds. The van der Waals surface area contributed by atoms with Crippen molar-refractivity contribution >= 4 is 28.3 Å². The molecule has 4 aromatic rings. The number of furan rings is 1. The van der Waals surface area contributed by atoms with Crippen LogP contribution in [0.3, 0.4) is 0 Å². The summed E-state index contributed by atoms with van der Waals surface area (Å²) in [6, 6.07) is 23.8. The number of hydrogen-bond acceptors (Lipinski definition) is 4. The molecule has 138 valence electrons. The highest BCUT2D eigenvalue weighted by molar-refractivity contribution is 6.04. The SMILES string of the molecule is COC(=O)c1ccc2cc(NC(=O)c3ccc(-c4ccccc4)o3)ccc2c1. The van der Waals surface area contributed by atoms with Crippen LogP contribution in [0.1, 0.15) is 20.9 Å². The predicted octanol–water partition coefficient (Wildman–Crippen LogP) is 5.14. The van der Waals surface area contributed by atoms with Crippen LogP contribution in [0.15, 0.2) is 83.3 Å². The number of rotatable bonds is 4. The van der Waals surface area contributed by atoms with Gasteiger partial charge < -0.3 is 14.5 Å². The number of esters is 1. The first-order chi connectivity index (χ1) is 13.6. The topological polar surface area (TPSA) is 68.5 Å². The molecule has 0 aliphatic rings. The quantitative estimate of drug-likeness (QED) is 0.505. The second-order valence-corrected chi connectivity index (χ2v) is 6.25. The molecule has 1 N–H and O–H groups in total. The summed E-state index contributed by atoms with van der Waals surface area (Å²) >= 11 is 0. The second kappa shape index (κ2) is 7.40. The second-order valence-electron chi connectivity index (χ2n) is 6.25. The van der Waals surface area contributed by atoms with E-state index in [9.17, 15) is 9.59 Å². The Hall–Kier alpha value is -3.86. The summed E-state index contributed by atoms with van der Waals surface area (Å²) in [5, 5.41) is 4.62. The summed E-state index contributed by atoms with van der Waals surface area (Å²) < 4.78 is 10.4. The van der Waals surface area contributed by atoms with E-state index in [1.165, 1.54) is 7.11 Å². The van der Waals surface area contributed by atoms with Gasteiger partial charge in [-0.1, -0.05) is 42.5 Å². The van der Waals surface area contributed by atoms with Gasteiger partial charge in [-0.2, -0.15) is 0 Å². The van der Waals surface area contributed by atoms with Crippen molar-refractivity contribution in [1.29, 1.82) is 0 Å². The lowest BCUT2D eigenvalue weighted by Gasteiger charge is -2.06. The van der Waals surface area contributed by atoms with Crippen molar-refractivity contribution < 1.29 is 18.7 Å². The predicted molar refractivity (Wildman–Crippen MR) is 107 cm³/mol. The van der Waals surface area contributed by atoms with Crippen LogP contribution in [0.5, 0.6) is 0 Å². The Labute approximate surface area is 161 Å². The number of benzene rings is 3. The van der Waals surface area contributed by atoms with Gasteiger partial charge >= 0.3 is 5.97 Å². The van der Waals surface area contributed by atoms with Crippen LogP contribution in [-0.2, 0) is 4.74 Å². The minimum atomic E-state index is -0.383. The molecule has 0 fully saturated rings. The van der Waals surface area contributed by atoms with Crippen LogP contribution < -0.4 is 5.32 Å². The molecule has 0 bridgehead atoms. The number of hydrogen-bond donors (Lipinski definition) is 1. The highest BCUT2D eigenvalue weighted by Crippen LogP contribution is 2.24. The maximum atomic E-state index is 12.5. The molecular formula is C23H17NO4. The minimum Gasteiger partial charge on any atom is -0.465 e. The number of anilines is 1. The molecule has 0 spiro atoms. The van der Waals surface area contributed by atoms with Gasteiger partial charge in [-0.15, -0.1) is 0 Å². The summed E-state index contributed by atoms with van der Waals surface area (Å²) in [7, 11) is 1.35. The molecule has 0 unspecified atom stereocenters. The Kier molecular flexibility index (Phi) is 4.64. The number of carbonyl (C=O) groups excluding carboxylic acids is 2. The van der Waals surface area contributed by atoms with Crippen molar-refractivity contribution in [3.05, 3.63) is 90.2 Å².